The van der Waals surface area contributed by atoms with Crippen LogP contribution in [0.15, 0.2) is 36.5 Å². The highest BCUT2D eigenvalue weighted by Crippen LogP contribution is 2.37. The quantitative estimate of drug-likeness (QED) is 0.654. The molecule has 1 aliphatic heterocycles. The fraction of sp³-hybridized carbons (Fsp3) is 0.435. The highest BCUT2D eigenvalue weighted by molar-refractivity contribution is 6.04. The van der Waals surface area contributed by atoms with Gasteiger partial charge < -0.3 is 24.9 Å². The number of nitrogens with one attached hydrogen (secondary N) is 1. The Labute approximate surface area is 180 Å². The van der Waals surface area contributed by atoms with Crippen LogP contribution in [0.2, 0.25) is 0 Å². The number of rotatable bonds is 7. The maximum Gasteiger partial charge on any atom is 0.304 e. The van der Waals surface area contributed by atoms with Crippen LogP contribution < -0.4 is 14.5 Å². The minimum absolute atomic E-state index is 0.108. The number of fused-ring (bicyclic) bond motifs is 1. The molecule has 1 saturated carbocycles. The van der Waals surface area contributed by atoms with E-state index in [-0.39, 0.29) is 29.0 Å². The van der Waals surface area contributed by atoms with Gasteiger partial charge in [0, 0.05) is 12.3 Å². The summed E-state index contributed by atoms with van der Waals surface area (Å²) in [6, 6.07) is 7.19. The van der Waals surface area contributed by atoms with Crippen molar-refractivity contribution >= 4 is 17.4 Å². The molecule has 164 valence electrons. The van der Waals surface area contributed by atoms with Crippen molar-refractivity contribution in [1.29, 1.82) is 0 Å². The molecule has 1 aromatic heterocycles. The Bertz CT molecular complexity index is 972. The number of ether oxygens (including phenoxy) is 2. The number of carbonyl (C=O) groups excluding carboxylic acids is 1. The molecule has 1 fully saturated rings. The van der Waals surface area contributed by atoms with E-state index in [1.165, 1.54) is 19.7 Å². The van der Waals surface area contributed by atoms with Crippen molar-refractivity contribution in [3.05, 3.63) is 53.0 Å². The van der Waals surface area contributed by atoms with Crippen molar-refractivity contribution in [1.82, 2.24) is 4.98 Å². The summed E-state index contributed by atoms with van der Waals surface area (Å²) in [5.74, 6) is -1.30. The molecule has 3 unspecified atom stereocenters. The number of quaternary nitrogens is 1. The molecule has 2 aliphatic rings. The predicted molar refractivity (Wildman–Crippen MR) is 112 cm³/mol. The zero-order valence-corrected chi connectivity index (χ0v) is 17.4. The van der Waals surface area contributed by atoms with Crippen LogP contribution in [0, 0.1) is 5.21 Å². The largest absolute Gasteiger partial charge is 0.628 e. The van der Waals surface area contributed by atoms with Gasteiger partial charge in [-0.25, -0.2) is 4.98 Å². The lowest BCUT2D eigenvalue weighted by Crippen LogP contribution is -3.06. The van der Waals surface area contributed by atoms with E-state index in [0.29, 0.717) is 17.1 Å². The summed E-state index contributed by atoms with van der Waals surface area (Å²) in [5, 5.41) is 22.1. The minimum Gasteiger partial charge on any atom is -0.628 e. The van der Waals surface area contributed by atoms with E-state index in [1.54, 1.807) is 30.3 Å². The molecule has 8 heteroatoms. The maximum atomic E-state index is 13.0. The Balaban J connectivity index is 1.65. The molecular weight excluding hydrogens is 400 g/mol. The van der Waals surface area contributed by atoms with Gasteiger partial charge in [-0.3, -0.25) is 9.59 Å². The average molecular weight is 426 g/mol. The highest BCUT2D eigenvalue weighted by Gasteiger charge is 2.46. The topological polar surface area (TPSA) is 113 Å². The maximum absolute atomic E-state index is 13.0. The number of carboxylic acids is 1. The van der Waals surface area contributed by atoms with Crippen LogP contribution >= 0.6 is 0 Å². The fourth-order valence-corrected chi connectivity index (χ4v) is 4.59. The van der Waals surface area contributed by atoms with Crippen LogP contribution in [0.25, 0.3) is 0 Å². The number of aromatic nitrogens is 1. The number of nitrogens with zero attached hydrogens (tertiary/aromatic N) is 1. The summed E-state index contributed by atoms with van der Waals surface area (Å²) < 4.78 is 11.6. The first-order valence-electron chi connectivity index (χ1n) is 10.6. The Kier molecular flexibility index (Phi) is 6.20. The van der Waals surface area contributed by atoms with Gasteiger partial charge in [0.1, 0.15) is 0 Å². The Morgan fingerprint density at radius 2 is 2.03 bits per heavy atom. The zero-order valence-electron chi connectivity index (χ0n) is 17.4. The number of carboxylic acid groups (broad SMARTS) is 1. The zero-order chi connectivity index (χ0) is 22.0. The van der Waals surface area contributed by atoms with Gasteiger partial charge in [0.05, 0.1) is 25.6 Å². The van der Waals surface area contributed by atoms with E-state index in [1.807, 2.05) is 0 Å². The standard InChI is InChI=1S/C23H26N2O6/c1-30-19-12-14(9-10-18(19)31-15-6-3-2-4-7-15)16(13-20(26)27)22-23(28)21-17(25(22)29)8-5-11-24-21/h5,8-12,15-16,22,25H,2-4,6-7,13H2,1H3,(H,26,27). The van der Waals surface area contributed by atoms with Gasteiger partial charge in [-0.1, -0.05) is 12.5 Å². The van der Waals surface area contributed by atoms with Crippen molar-refractivity contribution < 1.29 is 29.2 Å². The van der Waals surface area contributed by atoms with Gasteiger partial charge in [-0.05, 0) is 49.4 Å². The lowest BCUT2D eigenvalue weighted by molar-refractivity contribution is -0.792. The number of carbonyl (C=O) groups is 2. The molecule has 3 atom stereocenters. The van der Waals surface area contributed by atoms with Crippen LogP contribution in [-0.2, 0) is 4.79 Å². The van der Waals surface area contributed by atoms with Crippen molar-refractivity contribution in [2.75, 3.05) is 7.11 Å². The summed E-state index contributed by atoms with van der Waals surface area (Å²) in [6.07, 6.45) is 6.68. The van der Waals surface area contributed by atoms with Gasteiger partial charge in [-0.15, -0.1) is 0 Å². The second-order valence-corrected chi connectivity index (χ2v) is 8.10. The summed E-state index contributed by atoms with van der Waals surface area (Å²) in [4.78, 5) is 28.6. The van der Waals surface area contributed by atoms with Crippen LogP contribution in [0.3, 0.4) is 0 Å². The minimum atomic E-state index is -1.11. The Morgan fingerprint density at radius 3 is 2.71 bits per heavy atom. The number of benzene rings is 1. The first-order chi connectivity index (χ1) is 15.0. The van der Waals surface area contributed by atoms with E-state index in [4.69, 9.17) is 9.47 Å². The molecule has 31 heavy (non-hydrogen) atoms. The second-order valence-electron chi connectivity index (χ2n) is 8.10. The second kappa shape index (κ2) is 9.03. The number of ketones is 1. The molecule has 0 bridgehead atoms. The van der Waals surface area contributed by atoms with Crippen molar-refractivity contribution in [2.45, 2.75) is 56.6 Å². The number of hydroxylamine groups is 1. The molecule has 0 spiro atoms. The normalized spacial score (nSPS) is 22.1. The molecule has 0 radical (unpaired) electrons. The van der Waals surface area contributed by atoms with Gasteiger partial charge in [-0.2, -0.15) is 0 Å². The third kappa shape index (κ3) is 4.26. The molecule has 2 aromatic rings. The summed E-state index contributed by atoms with van der Waals surface area (Å²) in [5.41, 5.74) is 0.906. The summed E-state index contributed by atoms with van der Waals surface area (Å²) in [6.45, 7) is 0. The number of hydrogen-bond donors (Lipinski definition) is 2. The van der Waals surface area contributed by atoms with Crippen molar-refractivity contribution in [3.8, 4) is 11.5 Å². The number of methoxy groups -OCH3 is 1. The third-order valence-corrected chi connectivity index (χ3v) is 6.13. The molecule has 0 amide bonds. The Hall–Kier alpha value is -2.97. The van der Waals surface area contributed by atoms with Crippen molar-refractivity contribution in [3.63, 3.8) is 0 Å². The number of pyridine rings is 1. The Morgan fingerprint density at radius 1 is 1.26 bits per heavy atom. The monoisotopic (exact) mass is 426 g/mol. The first-order valence-corrected chi connectivity index (χ1v) is 10.6. The van der Waals surface area contributed by atoms with Gasteiger partial charge >= 0.3 is 5.97 Å². The molecule has 1 aromatic carbocycles. The number of Topliss-reactive ketones (excluding diaryl/α,β-unsaturated/α-hetero) is 1. The molecule has 4 rings (SSSR count). The van der Waals surface area contributed by atoms with Crippen LogP contribution in [0.4, 0.5) is 5.69 Å². The lowest BCUT2D eigenvalue weighted by atomic mass is 9.86. The molecule has 2 heterocycles. The summed E-state index contributed by atoms with van der Waals surface area (Å²) >= 11 is 0. The van der Waals surface area contributed by atoms with E-state index < -0.39 is 23.7 Å². The molecule has 1 aliphatic carbocycles. The van der Waals surface area contributed by atoms with Gasteiger partial charge in [0.25, 0.3) is 0 Å². The summed E-state index contributed by atoms with van der Waals surface area (Å²) in [7, 11) is 1.52. The molecular formula is C23H26N2O6. The molecule has 8 nitrogen and oxygen atoms in total. The number of aliphatic carboxylic acids is 1. The average Bonchev–Trinajstić information content (AvgIpc) is 3.03. The number of hydrogen-bond acceptors (Lipinski definition) is 6. The van der Waals surface area contributed by atoms with Gasteiger partial charge in [0.2, 0.25) is 5.78 Å². The highest BCUT2D eigenvalue weighted by atomic mass is 16.5. The van der Waals surface area contributed by atoms with Crippen LogP contribution in [0.5, 0.6) is 11.5 Å². The van der Waals surface area contributed by atoms with Crippen LogP contribution in [-0.4, -0.2) is 41.1 Å². The fourth-order valence-electron chi connectivity index (χ4n) is 4.59. The van der Waals surface area contributed by atoms with E-state index in [9.17, 15) is 19.9 Å². The molecule has 2 N–H and O–H groups in total. The van der Waals surface area contributed by atoms with E-state index >= 15 is 0 Å². The molecule has 0 saturated heterocycles. The van der Waals surface area contributed by atoms with Crippen LogP contribution in [0.1, 0.15) is 60.5 Å². The lowest BCUT2D eigenvalue weighted by Gasteiger charge is -2.30. The van der Waals surface area contributed by atoms with Crippen molar-refractivity contribution in [2.24, 2.45) is 0 Å². The third-order valence-electron chi connectivity index (χ3n) is 6.13. The smallest absolute Gasteiger partial charge is 0.304 e. The first kappa shape index (κ1) is 21.3. The predicted octanol–water partition coefficient (Wildman–Crippen LogP) is 2.64. The SMILES string of the molecule is COc1cc(C(CC(=O)O)C2C(=O)c3ncccc3[NH+]2[O-])ccc1OC1CCCCC1. The van der Waals surface area contributed by atoms with E-state index in [2.05, 4.69) is 4.98 Å². The van der Waals surface area contributed by atoms with Gasteiger partial charge in [0.15, 0.2) is 28.9 Å². The van der Waals surface area contributed by atoms with E-state index in [0.717, 1.165) is 25.7 Å².